The van der Waals surface area contributed by atoms with Crippen LogP contribution in [0, 0.1) is 17.8 Å². The SMILES string of the molecule is O=C(CSc1nnc(C23CC4CC(CC(C4)C2)C3)n1-c1ccccc1)Nc1ccc(C(=O)O)cc1. The molecule has 0 spiro atoms. The first kappa shape index (κ1) is 22.3. The maximum absolute atomic E-state index is 12.7. The zero-order valence-corrected chi connectivity index (χ0v) is 20.2. The molecule has 7 rings (SSSR count). The van der Waals surface area contributed by atoms with Crippen molar-refractivity contribution in [1.82, 2.24) is 14.8 Å². The monoisotopic (exact) mass is 488 g/mol. The van der Waals surface area contributed by atoms with E-state index in [0.29, 0.717) is 5.69 Å². The summed E-state index contributed by atoms with van der Waals surface area (Å²) < 4.78 is 2.19. The van der Waals surface area contributed by atoms with E-state index in [2.05, 4.69) is 27.1 Å². The number of aromatic carboxylic acids is 1. The topological polar surface area (TPSA) is 97.1 Å². The maximum atomic E-state index is 12.7. The van der Waals surface area contributed by atoms with Gasteiger partial charge in [-0.1, -0.05) is 30.0 Å². The zero-order chi connectivity index (χ0) is 24.0. The normalized spacial score (nSPS) is 26.6. The highest BCUT2D eigenvalue weighted by molar-refractivity contribution is 7.99. The first-order chi connectivity index (χ1) is 17.0. The zero-order valence-electron chi connectivity index (χ0n) is 19.4. The number of carboxylic acids is 1. The molecular formula is C27H28N4O3S. The summed E-state index contributed by atoms with van der Waals surface area (Å²) >= 11 is 1.39. The van der Waals surface area contributed by atoms with E-state index in [1.54, 1.807) is 12.1 Å². The fourth-order valence-electron chi connectivity index (χ4n) is 6.92. The number of nitrogens with zero attached hydrogens (tertiary/aromatic N) is 3. The van der Waals surface area contributed by atoms with E-state index in [9.17, 15) is 9.59 Å². The number of carbonyl (C=O) groups excluding carboxylic acids is 1. The highest BCUT2D eigenvalue weighted by Crippen LogP contribution is 2.60. The van der Waals surface area contributed by atoms with Gasteiger partial charge < -0.3 is 10.4 Å². The molecule has 4 fully saturated rings. The van der Waals surface area contributed by atoms with Crippen LogP contribution in [0.5, 0.6) is 0 Å². The number of thioether (sulfide) groups is 1. The van der Waals surface area contributed by atoms with E-state index >= 15 is 0 Å². The molecule has 35 heavy (non-hydrogen) atoms. The molecule has 4 aliphatic carbocycles. The minimum absolute atomic E-state index is 0.0878. The lowest BCUT2D eigenvalue weighted by Gasteiger charge is -2.56. The number of carboxylic acid groups (broad SMARTS) is 1. The predicted octanol–water partition coefficient (Wildman–Crippen LogP) is 5.16. The Morgan fingerprint density at radius 2 is 1.57 bits per heavy atom. The summed E-state index contributed by atoms with van der Waals surface area (Å²) in [6, 6.07) is 16.4. The van der Waals surface area contributed by atoms with Gasteiger partial charge in [0.1, 0.15) is 5.82 Å². The molecule has 4 aliphatic rings. The van der Waals surface area contributed by atoms with Gasteiger partial charge in [0.25, 0.3) is 0 Å². The summed E-state index contributed by atoms with van der Waals surface area (Å²) in [5, 5.41) is 22.0. The van der Waals surface area contributed by atoms with E-state index in [-0.39, 0.29) is 22.6 Å². The van der Waals surface area contributed by atoms with Gasteiger partial charge in [0.15, 0.2) is 5.16 Å². The largest absolute Gasteiger partial charge is 0.478 e. The van der Waals surface area contributed by atoms with Crippen molar-refractivity contribution in [2.45, 2.75) is 49.1 Å². The fraction of sp³-hybridized carbons (Fsp3) is 0.407. The van der Waals surface area contributed by atoms with Crippen molar-refractivity contribution < 1.29 is 14.7 Å². The average molecular weight is 489 g/mol. The number of aromatic nitrogens is 3. The Kier molecular flexibility index (Phi) is 5.63. The molecule has 0 radical (unpaired) electrons. The molecular weight excluding hydrogens is 460 g/mol. The Bertz CT molecular complexity index is 1220. The van der Waals surface area contributed by atoms with E-state index < -0.39 is 5.97 Å². The molecule has 2 aromatic carbocycles. The lowest BCUT2D eigenvalue weighted by Crippen LogP contribution is -2.49. The van der Waals surface area contributed by atoms with Crippen molar-refractivity contribution in [2.75, 3.05) is 11.1 Å². The molecule has 2 N–H and O–H groups in total. The molecule has 4 saturated carbocycles. The van der Waals surface area contributed by atoms with Crippen LogP contribution < -0.4 is 5.32 Å². The van der Waals surface area contributed by atoms with Gasteiger partial charge in [-0.15, -0.1) is 10.2 Å². The van der Waals surface area contributed by atoms with Crippen LogP contribution in [0.15, 0.2) is 59.8 Å². The molecule has 1 aromatic heterocycles. The van der Waals surface area contributed by atoms with Gasteiger partial charge in [0, 0.05) is 16.8 Å². The standard InChI is InChI=1S/C27H28N4O3S/c32-23(28-21-8-6-20(7-9-21)24(33)34)16-35-26-30-29-25(31(26)22-4-2-1-3-5-22)27-13-17-10-18(14-27)12-19(11-17)15-27/h1-9,17-19H,10-16H2,(H,28,32)(H,33,34). The van der Waals surface area contributed by atoms with Crippen molar-refractivity contribution in [3.8, 4) is 5.69 Å². The smallest absolute Gasteiger partial charge is 0.335 e. The number of nitrogens with one attached hydrogen (secondary N) is 1. The molecule has 1 amide bonds. The van der Waals surface area contributed by atoms with Crippen molar-refractivity contribution >= 4 is 29.3 Å². The summed E-state index contributed by atoms with van der Waals surface area (Å²) in [7, 11) is 0. The third kappa shape index (κ3) is 4.24. The number of carbonyl (C=O) groups is 2. The van der Waals surface area contributed by atoms with E-state index in [0.717, 1.165) is 34.4 Å². The highest BCUT2D eigenvalue weighted by Gasteiger charge is 2.54. The van der Waals surface area contributed by atoms with Crippen LogP contribution >= 0.6 is 11.8 Å². The number of hydrogen-bond donors (Lipinski definition) is 2. The lowest BCUT2D eigenvalue weighted by molar-refractivity contribution is -0.113. The molecule has 0 saturated heterocycles. The number of amides is 1. The molecule has 180 valence electrons. The van der Waals surface area contributed by atoms with Crippen molar-refractivity contribution in [3.05, 3.63) is 66.0 Å². The Labute approximate surface area is 208 Å². The average Bonchev–Trinajstić information content (AvgIpc) is 3.28. The third-order valence-electron chi connectivity index (χ3n) is 7.91. The lowest BCUT2D eigenvalue weighted by atomic mass is 9.49. The Morgan fingerprint density at radius 1 is 0.943 bits per heavy atom. The molecule has 0 aliphatic heterocycles. The Morgan fingerprint density at radius 3 is 2.17 bits per heavy atom. The van der Waals surface area contributed by atoms with Gasteiger partial charge >= 0.3 is 5.97 Å². The van der Waals surface area contributed by atoms with Crippen LogP contribution in [0.4, 0.5) is 5.69 Å². The van der Waals surface area contributed by atoms with Crippen LogP contribution in [-0.2, 0) is 10.2 Å². The number of para-hydroxylation sites is 1. The minimum Gasteiger partial charge on any atom is -0.478 e. The number of rotatable bonds is 7. The summed E-state index contributed by atoms with van der Waals surface area (Å²) in [6.45, 7) is 0. The second kappa shape index (κ2) is 8.82. The highest BCUT2D eigenvalue weighted by atomic mass is 32.2. The van der Waals surface area contributed by atoms with E-state index in [4.69, 9.17) is 10.2 Å². The second-order valence-corrected chi connectivity index (χ2v) is 11.3. The minimum atomic E-state index is -0.992. The first-order valence-electron chi connectivity index (χ1n) is 12.3. The number of anilines is 1. The van der Waals surface area contributed by atoms with Crippen LogP contribution in [-0.4, -0.2) is 37.5 Å². The fourth-order valence-corrected chi connectivity index (χ4v) is 7.68. The molecule has 1 heterocycles. The Hall–Kier alpha value is -3.13. The Balaban J connectivity index is 1.24. The molecule has 7 nitrogen and oxygen atoms in total. The second-order valence-electron chi connectivity index (χ2n) is 10.4. The van der Waals surface area contributed by atoms with Gasteiger partial charge in [-0.05, 0) is 92.7 Å². The summed E-state index contributed by atoms with van der Waals surface area (Å²) in [5.74, 6) is 2.50. The molecule has 4 bridgehead atoms. The predicted molar refractivity (Wildman–Crippen MR) is 134 cm³/mol. The summed E-state index contributed by atoms with van der Waals surface area (Å²) in [5.41, 5.74) is 1.88. The quantitative estimate of drug-likeness (QED) is 0.446. The molecule has 8 heteroatoms. The molecule has 0 unspecified atom stereocenters. The van der Waals surface area contributed by atoms with E-state index in [1.165, 1.54) is 62.4 Å². The van der Waals surface area contributed by atoms with Crippen LogP contribution in [0.2, 0.25) is 0 Å². The van der Waals surface area contributed by atoms with Gasteiger partial charge in [-0.2, -0.15) is 0 Å². The van der Waals surface area contributed by atoms with Gasteiger partial charge in [-0.3, -0.25) is 9.36 Å². The molecule has 0 atom stereocenters. The summed E-state index contributed by atoms with van der Waals surface area (Å²) in [4.78, 5) is 23.7. The van der Waals surface area contributed by atoms with Gasteiger partial charge in [-0.25, -0.2) is 4.79 Å². The maximum Gasteiger partial charge on any atom is 0.335 e. The number of benzene rings is 2. The first-order valence-corrected chi connectivity index (χ1v) is 13.2. The summed E-state index contributed by atoms with van der Waals surface area (Å²) in [6.07, 6.45) is 7.69. The van der Waals surface area contributed by atoms with Crippen molar-refractivity contribution in [2.24, 2.45) is 17.8 Å². The molecule has 3 aromatic rings. The van der Waals surface area contributed by atoms with E-state index in [1.807, 2.05) is 18.2 Å². The van der Waals surface area contributed by atoms with Crippen molar-refractivity contribution in [1.29, 1.82) is 0 Å². The number of hydrogen-bond acceptors (Lipinski definition) is 5. The van der Waals surface area contributed by atoms with Gasteiger partial charge in [0.05, 0.1) is 11.3 Å². The third-order valence-corrected chi connectivity index (χ3v) is 8.84. The van der Waals surface area contributed by atoms with Gasteiger partial charge in [0.2, 0.25) is 5.91 Å². The van der Waals surface area contributed by atoms with Crippen LogP contribution in [0.25, 0.3) is 5.69 Å². The van der Waals surface area contributed by atoms with Crippen molar-refractivity contribution in [3.63, 3.8) is 0 Å². The van der Waals surface area contributed by atoms with Crippen LogP contribution in [0.3, 0.4) is 0 Å². The van der Waals surface area contributed by atoms with Crippen LogP contribution in [0.1, 0.15) is 54.7 Å².